The van der Waals surface area contributed by atoms with E-state index >= 15 is 0 Å². The Balaban J connectivity index is 2.31. The molecule has 0 amide bonds. The summed E-state index contributed by atoms with van der Waals surface area (Å²) in [6.07, 6.45) is 4.12. The number of methoxy groups -OCH3 is 1. The van der Waals surface area contributed by atoms with Crippen molar-refractivity contribution in [1.82, 2.24) is 0 Å². The molecule has 1 heterocycles. The molecule has 0 aliphatic carbocycles. The molecule has 3 nitrogen and oxygen atoms in total. The van der Waals surface area contributed by atoms with Gasteiger partial charge in [-0.2, -0.15) is 0 Å². The Labute approximate surface area is 95.9 Å². The van der Waals surface area contributed by atoms with Crippen LogP contribution in [0.1, 0.15) is 18.4 Å². The minimum atomic E-state index is 0.618. The van der Waals surface area contributed by atoms with Crippen LogP contribution in [0.25, 0.3) is 5.57 Å². The molecular formula is C13H17NO2. The van der Waals surface area contributed by atoms with Crippen LogP contribution in [0.5, 0.6) is 11.5 Å². The highest BCUT2D eigenvalue weighted by Gasteiger charge is 2.16. The van der Waals surface area contributed by atoms with Crippen molar-refractivity contribution < 1.29 is 9.47 Å². The van der Waals surface area contributed by atoms with Gasteiger partial charge in [-0.3, -0.25) is 0 Å². The number of ether oxygens (including phenoxy) is 2. The molecule has 0 bridgehead atoms. The van der Waals surface area contributed by atoms with E-state index in [2.05, 4.69) is 12.1 Å². The highest BCUT2D eigenvalue weighted by molar-refractivity contribution is 5.74. The van der Waals surface area contributed by atoms with E-state index in [-0.39, 0.29) is 0 Å². The van der Waals surface area contributed by atoms with Gasteiger partial charge in [0.1, 0.15) is 6.61 Å². The van der Waals surface area contributed by atoms with Gasteiger partial charge in [0.15, 0.2) is 11.5 Å². The predicted octanol–water partition coefficient (Wildman–Crippen LogP) is 2.21. The highest BCUT2D eigenvalue weighted by Crippen LogP contribution is 2.39. The van der Waals surface area contributed by atoms with E-state index in [4.69, 9.17) is 15.2 Å². The van der Waals surface area contributed by atoms with Gasteiger partial charge in [0.2, 0.25) is 0 Å². The SMILES string of the molecule is COc1cccc2c1OCC=C2CCCN. The number of allylic oxidation sites excluding steroid dienone is 1. The van der Waals surface area contributed by atoms with Gasteiger partial charge in [0.05, 0.1) is 7.11 Å². The van der Waals surface area contributed by atoms with Crippen molar-refractivity contribution in [2.24, 2.45) is 5.73 Å². The average Bonchev–Trinajstić information content (AvgIpc) is 2.35. The zero-order chi connectivity index (χ0) is 11.4. The van der Waals surface area contributed by atoms with Gasteiger partial charge in [0.25, 0.3) is 0 Å². The molecule has 16 heavy (non-hydrogen) atoms. The van der Waals surface area contributed by atoms with Crippen molar-refractivity contribution in [3.05, 3.63) is 29.8 Å². The van der Waals surface area contributed by atoms with Crippen LogP contribution >= 0.6 is 0 Å². The summed E-state index contributed by atoms with van der Waals surface area (Å²) in [7, 11) is 1.66. The number of fused-ring (bicyclic) bond motifs is 1. The van der Waals surface area contributed by atoms with Crippen LogP contribution < -0.4 is 15.2 Å². The topological polar surface area (TPSA) is 44.5 Å². The summed E-state index contributed by atoms with van der Waals surface area (Å²) >= 11 is 0. The van der Waals surface area contributed by atoms with E-state index in [1.165, 1.54) is 5.57 Å². The Morgan fingerprint density at radius 1 is 1.44 bits per heavy atom. The zero-order valence-electron chi connectivity index (χ0n) is 9.53. The van der Waals surface area contributed by atoms with E-state index in [1.54, 1.807) is 7.11 Å². The molecule has 0 radical (unpaired) electrons. The van der Waals surface area contributed by atoms with Crippen molar-refractivity contribution >= 4 is 5.57 Å². The molecule has 0 saturated heterocycles. The van der Waals surface area contributed by atoms with E-state index in [0.717, 1.165) is 36.4 Å². The van der Waals surface area contributed by atoms with Crippen LogP contribution in [0, 0.1) is 0 Å². The molecule has 0 fully saturated rings. The minimum Gasteiger partial charge on any atom is -0.493 e. The van der Waals surface area contributed by atoms with E-state index in [0.29, 0.717) is 6.61 Å². The minimum absolute atomic E-state index is 0.618. The summed E-state index contributed by atoms with van der Waals surface area (Å²) < 4.78 is 10.9. The van der Waals surface area contributed by atoms with Gasteiger partial charge in [0, 0.05) is 5.56 Å². The van der Waals surface area contributed by atoms with Gasteiger partial charge in [-0.15, -0.1) is 0 Å². The van der Waals surface area contributed by atoms with Crippen molar-refractivity contribution in [3.63, 3.8) is 0 Å². The van der Waals surface area contributed by atoms with E-state index < -0.39 is 0 Å². The standard InChI is InChI=1S/C13H17NO2/c1-15-12-6-2-5-11-10(4-3-8-14)7-9-16-13(11)12/h2,5-7H,3-4,8-9,14H2,1H3. The van der Waals surface area contributed by atoms with Crippen LogP contribution in [-0.2, 0) is 0 Å². The van der Waals surface area contributed by atoms with Gasteiger partial charge in [-0.05, 0) is 37.1 Å². The van der Waals surface area contributed by atoms with Crippen LogP contribution in [0.15, 0.2) is 24.3 Å². The number of para-hydroxylation sites is 1. The van der Waals surface area contributed by atoms with Crippen LogP contribution in [0.4, 0.5) is 0 Å². The average molecular weight is 219 g/mol. The lowest BCUT2D eigenvalue weighted by molar-refractivity contribution is 0.321. The van der Waals surface area contributed by atoms with Crippen molar-refractivity contribution in [2.75, 3.05) is 20.3 Å². The molecule has 1 aliphatic heterocycles. The van der Waals surface area contributed by atoms with Crippen molar-refractivity contribution in [1.29, 1.82) is 0 Å². The molecule has 0 unspecified atom stereocenters. The molecule has 2 N–H and O–H groups in total. The lowest BCUT2D eigenvalue weighted by Gasteiger charge is -2.20. The second kappa shape index (κ2) is 5.03. The third kappa shape index (κ3) is 2.04. The van der Waals surface area contributed by atoms with Gasteiger partial charge in [-0.25, -0.2) is 0 Å². The molecule has 3 heteroatoms. The number of nitrogens with two attached hydrogens (primary N) is 1. The Kier molecular flexibility index (Phi) is 3.47. The fourth-order valence-corrected chi connectivity index (χ4v) is 1.94. The monoisotopic (exact) mass is 219 g/mol. The third-order valence-electron chi connectivity index (χ3n) is 2.75. The van der Waals surface area contributed by atoms with Gasteiger partial charge < -0.3 is 15.2 Å². The van der Waals surface area contributed by atoms with E-state index in [1.807, 2.05) is 12.1 Å². The number of rotatable bonds is 4. The fraction of sp³-hybridized carbons (Fsp3) is 0.385. The summed E-state index contributed by atoms with van der Waals surface area (Å²) in [5.41, 5.74) is 7.99. The number of hydrogen-bond donors (Lipinski definition) is 1. The Bertz CT molecular complexity index is 399. The molecule has 1 aliphatic rings. The second-order valence-corrected chi connectivity index (χ2v) is 3.77. The molecular weight excluding hydrogens is 202 g/mol. The Hall–Kier alpha value is -1.48. The maximum absolute atomic E-state index is 5.62. The molecule has 86 valence electrons. The van der Waals surface area contributed by atoms with Crippen LogP contribution in [-0.4, -0.2) is 20.3 Å². The normalized spacial score (nSPS) is 13.8. The summed E-state index contributed by atoms with van der Waals surface area (Å²) in [6.45, 7) is 1.34. The number of benzene rings is 1. The third-order valence-corrected chi connectivity index (χ3v) is 2.75. The van der Waals surface area contributed by atoms with Gasteiger partial charge >= 0.3 is 0 Å². The molecule has 0 aromatic heterocycles. The lowest BCUT2D eigenvalue weighted by atomic mass is 9.98. The fourth-order valence-electron chi connectivity index (χ4n) is 1.94. The quantitative estimate of drug-likeness (QED) is 0.844. The highest BCUT2D eigenvalue weighted by atomic mass is 16.5. The first-order valence-corrected chi connectivity index (χ1v) is 5.56. The van der Waals surface area contributed by atoms with Crippen molar-refractivity contribution in [3.8, 4) is 11.5 Å². The molecule has 0 spiro atoms. The predicted molar refractivity (Wildman–Crippen MR) is 64.8 cm³/mol. The Morgan fingerprint density at radius 2 is 2.31 bits per heavy atom. The Morgan fingerprint density at radius 3 is 3.06 bits per heavy atom. The lowest BCUT2D eigenvalue weighted by Crippen LogP contribution is -2.07. The first-order valence-electron chi connectivity index (χ1n) is 5.56. The first-order chi connectivity index (χ1) is 7.86. The van der Waals surface area contributed by atoms with Gasteiger partial charge in [-0.1, -0.05) is 12.1 Å². The zero-order valence-corrected chi connectivity index (χ0v) is 9.53. The number of hydrogen-bond acceptors (Lipinski definition) is 3. The summed E-state index contributed by atoms with van der Waals surface area (Å²) in [4.78, 5) is 0. The molecule has 2 rings (SSSR count). The summed E-state index contributed by atoms with van der Waals surface area (Å²) in [5, 5.41) is 0. The molecule has 1 aromatic carbocycles. The molecule has 0 saturated carbocycles. The molecule has 0 atom stereocenters. The maximum Gasteiger partial charge on any atom is 0.169 e. The largest absolute Gasteiger partial charge is 0.493 e. The van der Waals surface area contributed by atoms with Crippen molar-refractivity contribution in [2.45, 2.75) is 12.8 Å². The van der Waals surface area contributed by atoms with E-state index in [9.17, 15) is 0 Å². The van der Waals surface area contributed by atoms with Crippen LogP contribution in [0.2, 0.25) is 0 Å². The summed E-state index contributed by atoms with van der Waals surface area (Å²) in [6, 6.07) is 5.98. The van der Waals surface area contributed by atoms with Crippen LogP contribution in [0.3, 0.4) is 0 Å². The maximum atomic E-state index is 5.62. The molecule has 1 aromatic rings. The summed E-state index contributed by atoms with van der Waals surface area (Å²) in [5.74, 6) is 1.66. The second-order valence-electron chi connectivity index (χ2n) is 3.77. The smallest absolute Gasteiger partial charge is 0.169 e. The first kappa shape index (κ1) is 11.0.